The van der Waals surface area contributed by atoms with Gasteiger partial charge in [-0.05, 0) is 79.6 Å². The standard InChI is InChI=1S/C29H29IN2O7S/c1-6-37-21-13-18(12-20(30)26(21)39-15-23(33)36-5)14-22-27(34)32-25(19-10-8-16(3)9-11-19)24(28(35)38-7-2)17(4)31-29(32)40-22/h8-14,25H,6-7,15H2,1-5H3/b22-14+/t25-/m1/s1. The molecule has 1 atom stereocenters. The first kappa shape index (κ1) is 29.5. The molecule has 0 bridgehead atoms. The lowest BCUT2D eigenvalue weighted by Gasteiger charge is -2.24. The highest BCUT2D eigenvalue weighted by Crippen LogP contribution is 2.35. The van der Waals surface area contributed by atoms with E-state index in [0.29, 0.717) is 47.8 Å². The molecule has 0 saturated heterocycles. The molecule has 0 fully saturated rings. The molecule has 9 nitrogen and oxygen atoms in total. The number of rotatable bonds is 9. The van der Waals surface area contributed by atoms with Crippen LogP contribution < -0.4 is 24.4 Å². The summed E-state index contributed by atoms with van der Waals surface area (Å²) in [4.78, 5) is 43.6. The van der Waals surface area contributed by atoms with Crippen molar-refractivity contribution in [1.29, 1.82) is 0 Å². The van der Waals surface area contributed by atoms with Gasteiger partial charge in [-0.15, -0.1) is 0 Å². The summed E-state index contributed by atoms with van der Waals surface area (Å²) in [6.45, 7) is 7.65. The van der Waals surface area contributed by atoms with Crippen LogP contribution in [0.25, 0.3) is 6.08 Å². The van der Waals surface area contributed by atoms with Gasteiger partial charge in [-0.25, -0.2) is 14.6 Å². The smallest absolute Gasteiger partial charge is 0.343 e. The number of hydrogen-bond acceptors (Lipinski definition) is 9. The molecule has 0 N–H and O–H groups in total. The zero-order chi connectivity index (χ0) is 29.0. The number of hydrogen-bond donors (Lipinski definition) is 0. The molecule has 0 amide bonds. The third-order valence-electron chi connectivity index (χ3n) is 6.10. The number of methoxy groups -OCH3 is 1. The average Bonchev–Trinajstić information content (AvgIpc) is 3.22. The van der Waals surface area contributed by atoms with Gasteiger partial charge in [0.15, 0.2) is 22.9 Å². The Morgan fingerprint density at radius 3 is 2.48 bits per heavy atom. The maximum atomic E-state index is 13.9. The first-order chi connectivity index (χ1) is 19.2. The Morgan fingerprint density at radius 2 is 1.82 bits per heavy atom. The fraction of sp³-hybridized carbons (Fsp3) is 0.310. The number of halogens is 1. The normalized spacial score (nSPS) is 14.8. The zero-order valence-electron chi connectivity index (χ0n) is 22.8. The third-order valence-corrected chi connectivity index (χ3v) is 7.89. The van der Waals surface area contributed by atoms with Crippen molar-refractivity contribution in [1.82, 2.24) is 4.57 Å². The molecule has 1 aliphatic heterocycles. The van der Waals surface area contributed by atoms with Crippen LogP contribution >= 0.6 is 33.9 Å². The zero-order valence-corrected chi connectivity index (χ0v) is 25.8. The maximum Gasteiger partial charge on any atom is 0.343 e. The van der Waals surface area contributed by atoms with Crippen molar-refractivity contribution in [3.05, 3.63) is 87.6 Å². The van der Waals surface area contributed by atoms with E-state index in [1.807, 2.05) is 44.2 Å². The van der Waals surface area contributed by atoms with Gasteiger partial charge in [0, 0.05) is 0 Å². The monoisotopic (exact) mass is 676 g/mol. The highest BCUT2D eigenvalue weighted by molar-refractivity contribution is 14.1. The molecule has 40 heavy (non-hydrogen) atoms. The predicted octanol–water partition coefficient (Wildman–Crippen LogP) is 3.66. The molecular formula is C29H29IN2O7S. The van der Waals surface area contributed by atoms with Crippen LogP contribution in [0.3, 0.4) is 0 Å². The first-order valence-corrected chi connectivity index (χ1v) is 14.5. The molecule has 210 valence electrons. The minimum absolute atomic E-state index is 0.209. The Kier molecular flexibility index (Phi) is 9.46. The second kappa shape index (κ2) is 12.8. The number of carbonyl (C=O) groups excluding carboxylic acids is 2. The number of benzene rings is 2. The molecule has 1 aliphatic rings. The van der Waals surface area contributed by atoms with Gasteiger partial charge < -0.3 is 18.9 Å². The Morgan fingerprint density at radius 1 is 1.10 bits per heavy atom. The van der Waals surface area contributed by atoms with Gasteiger partial charge in [-0.1, -0.05) is 41.2 Å². The molecule has 0 unspecified atom stereocenters. The molecule has 0 aliphatic carbocycles. The van der Waals surface area contributed by atoms with Crippen molar-refractivity contribution in [3.63, 3.8) is 0 Å². The number of ether oxygens (including phenoxy) is 4. The van der Waals surface area contributed by atoms with Crippen molar-refractivity contribution in [2.45, 2.75) is 33.7 Å². The number of carbonyl (C=O) groups is 2. The van der Waals surface area contributed by atoms with Gasteiger partial charge in [0.2, 0.25) is 0 Å². The minimum Gasteiger partial charge on any atom is -0.490 e. The van der Waals surface area contributed by atoms with E-state index in [-0.39, 0.29) is 18.8 Å². The van der Waals surface area contributed by atoms with Crippen molar-refractivity contribution in [2.24, 2.45) is 4.99 Å². The largest absolute Gasteiger partial charge is 0.490 e. The summed E-state index contributed by atoms with van der Waals surface area (Å²) in [6.07, 6.45) is 1.76. The lowest BCUT2D eigenvalue weighted by Crippen LogP contribution is -2.39. The molecule has 11 heteroatoms. The van der Waals surface area contributed by atoms with E-state index < -0.39 is 18.0 Å². The van der Waals surface area contributed by atoms with Crippen LogP contribution in [0.5, 0.6) is 11.5 Å². The number of allylic oxidation sites excluding steroid dienone is 1. The Bertz CT molecular complexity index is 1650. The van der Waals surface area contributed by atoms with E-state index in [1.54, 1.807) is 30.6 Å². The summed E-state index contributed by atoms with van der Waals surface area (Å²) in [5.74, 6) is -0.151. The Balaban J connectivity index is 1.86. The van der Waals surface area contributed by atoms with Crippen LogP contribution in [-0.4, -0.2) is 43.4 Å². The highest BCUT2D eigenvalue weighted by atomic mass is 127. The summed E-state index contributed by atoms with van der Waals surface area (Å²) in [7, 11) is 1.29. The summed E-state index contributed by atoms with van der Waals surface area (Å²) in [5.41, 5.74) is 3.13. The molecule has 4 rings (SSSR count). The second-order valence-corrected chi connectivity index (χ2v) is 11.0. The maximum absolute atomic E-state index is 13.9. The van der Waals surface area contributed by atoms with E-state index in [2.05, 4.69) is 32.3 Å². The van der Waals surface area contributed by atoms with Crippen molar-refractivity contribution in [2.75, 3.05) is 26.9 Å². The number of nitrogens with zero attached hydrogens (tertiary/aromatic N) is 2. The van der Waals surface area contributed by atoms with E-state index in [0.717, 1.165) is 11.1 Å². The molecule has 3 aromatic rings. The van der Waals surface area contributed by atoms with E-state index >= 15 is 0 Å². The second-order valence-electron chi connectivity index (χ2n) is 8.84. The van der Waals surface area contributed by atoms with Crippen LogP contribution in [-0.2, 0) is 19.1 Å². The van der Waals surface area contributed by atoms with Gasteiger partial charge in [0.25, 0.3) is 5.56 Å². The van der Waals surface area contributed by atoms with Gasteiger partial charge in [-0.2, -0.15) is 0 Å². The summed E-state index contributed by atoms with van der Waals surface area (Å²) in [5, 5.41) is 0. The van der Waals surface area contributed by atoms with E-state index in [4.69, 9.17) is 14.2 Å². The average molecular weight is 677 g/mol. The highest BCUT2D eigenvalue weighted by Gasteiger charge is 2.33. The lowest BCUT2D eigenvalue weighted by molar-refractivity contribution is -0.143. The number of thiazole rings is 1. The summed E-state index contributed by atoms with van der Waals surface area (Å²) >= 11 is 3.34. The number of esters is 2. The Labute approximate surface area is 248 Å². The molecule has 0 spiro atoms. The van der Waals surface area contributed by atoms with E-state index in [9.17, 15) is 14.4 Å². The number of aromatic nitrogens is 1. The van der Waals surface area contributed by atoms with Gasteiger partial charge in [0.1, 0.15) is 0 Å². The first-order valence-electron chi connectivity index (χ1n) is 12.6. The fourth-order valence-corrected chi connectivity index (χ4v) is 6.10. The molecular weight excluding hydrogens is 647 g/mol. The van der Waals surface area contributed by atoms with Crippen LogP contribution in [0.4, 0.5) is 0 Å². The lowest BCUT2D eigenvalue weighted by atomic mass is 9.95. The van der Waals surface area contributed by atoms with Gasteiger partial charge in [0.05, 0.1) is 45.7 Å². The van der Waals surface area contributed by atoms with Crippen LogP contribution in [0.2, 0.25) is 0 Å². The van der Waals surface area contributed by atoms with Crippen LogP contribution in [0.1, 0.15) is 43.5 Å². The summed E-state index contributed by atoms with van der Waals surface area (Å²) < 4.78 is 24.2. The topological polar surface area (TPSA) is 105 Å². The quantitative estimate of drug-likeness (QED) is 0.252. The minimum atomic E-state index is -0.675. The van der Waals surface area contributed by atoms with Crippen molar-refractivity contribution < 1.29 is 28.5 Å². The van der Waals surface area contributed by atoms with Gasteiger partial charge in [-0.3, -0.25) is 9.36 Å². The summed E-state index contributed by atoms with van der Waals surface area (Å²) in [6, 6.07) is 10.6. The van der Waals surface area contributed by atoms with E-state index in [1.165, 1.54) is 18.4 Å². The number of fused-ring (bicyclic) bond motifs is 1. The SMILES string of the molecule is CCOC(=O)C1=C(C)N=c2s/c(=C/c3cc(I)c(OCC(=O)OC)c(OCC)c3)c(=O)n2[C@@H]1c1ccc(C)cc1. The Hall–Kier alpha value is -3.45. The molecule has 2 aromatic carbocycles. The van der Waals surface area contributed by atoms with Crippen molar-refractivity contribution >= 4 is 51.9 Å². The molecule has 1 aromatic heterocycles. The molecule has 0 saturated carbocycles. The molecule has 0 radical (unpaired) electrons. The van der Waals surface area contributed by atoms with Gasteiger partial charge >= 0.3 is 11.9 Å². The van der Waals surface area contributed by atoms with Crippen molar-refractivity contribution in [3.8, 4) is 11.5 Å². The molecule has 2 heterocycles. The fourth-order valence-electron chi connectivity index (χ4n) is 4.27. The van der Waals surface area contributed by atoms with Crippen LogP contribution in [0, 0.1) is 10.5 Å². The van der Waals surface area contributed by atoms with Crippen LogP contribution in [0.15, 0.2) is 57.5 Å². The third kappa shape index (κ3) is 6.15. The predicted molar refractivity (Wildman–Crippen MR) is 159 cm³/mol. The number of aryl methyl sites for hydroxylation is 1.